The monoisotopic (exact) mass is 222 g/mol. The van der Waals surface area contributed by atoms with Gasteiger partial charge in [0.1, 0.15) is 11.4 Å². The van der Waals surface area contributed by atoms with Crippen molar-refractivity contribution in [2.24, 2.45) is 0 Å². The number of carboxylic acids is 1. The molecule has 0 atom stereocenters. The van der Waals surface area contributed by atoms with E-state index in [2.05, 4.69) is 0 Å². The Morgan fingerprint density at radius 1 is 1.44 bits per heavy atom. The maximum atomic E-state index is 13.0. The summed E-state index contributed by atoms with van der Waals surface area (Å²) in [7, 11) is 0. The molecule has 0 unspecified atom stereocenters. The summed E-state index contributed by atoms with van der Waals surface area (Å²) in [5, 5.41) is 9.24. The van der Waals surface area contributed by atoms with Crippen LogP contribution in [0.2, 0.25) is 0 Å². The zero-order valence-corrected chi connectivity index (χ0v) is 8.57. The Morgan fingerprint density at radius 2 is 2.25 bits per heavy atom. The van der Waals surface area contributed by atoms with E-state index in [1.807, 2.05) is 0 Å². The van der Waals surface area contributed by atoms with Crippen molar-refractivity contribution in [3.63, 3.8) is 0 Å². The fraction of sp³-hybridized carbons (Fsp3) is 0.250. The van der Waals surface area contributed by atoms with Crippen LogP contribution in [0.3, 0.4) is 0 Å². The Bertz CT molecular complexity index is 516. The van der Waals surface area contributed by atoms with Crippen molar-refractivity contribution in [3.8, 4) is 0 Å². The summed E-state index contributed by atoms with van der Waals surface area (Å²) < 4.78 is 18.3. The van der Waals surface area contributed by atoms with Gasteiger partial charge in [0.2, 0.25) is 0 Å². The SMILES string of the molecule is O=C(O)CCCc1coc2ccc(F)cc12. The molecule has 0 aliphatic rings. The molecule has 0 amide bonds. The predicted octanol–water partition coefficient (Wildman–Crippen LogP) is 2.98. The van der Waals surface area contributed by atoms with Gasteiger partial charge in [0.05, 0.1) is 6.26 Å². The third-order valence-electron chi connectivity index (χ3n) is 2.45. The number of aliphatic carboxylic acids is 1. The molecule has 16 heavy (non-hydrogen) atoms. The molecule has 84 valence electrons. The summed E-state index contributed by atoms with van der Waals surface area (Å²) in [5.41, 5.74) is 1.49. The van der Waals surface area contributed by atoms with Crippen molar-refractivity contribution in [1.82, 2.24) is 0 Å². The first-order valence-corrected chi connectivity index (χ1v) is 5.04. The number of carbonyl (C=O) groups is 1. The second-order valence-electron chi connectivity index (χ2n) is 3.65. The average Bonchev–Trinajstić information content (AvgIpc) is 2.60. The molecule has 0 saturated heterocycles. The zero-order valence-electron chi connectivity index (χ0n) is 8.57. The van der Waals surface area contributed by atoms with E-state index >= 15 is 0 Å². The van der Waals surface area contributed by atoms with E-state index in [-0.39, 0.29) is 12.2 Å². The van der Waals surface area contributed by atoms with Crippen LogP contribution in [0.5, 0.6) is 0 Å². The number of halogens is 1. The highest BCUT2D eigenvalue weighted by Gasteiger charge is 2.07. The van der Waals surface area contributed by atoms with Gasteiger partial charge < -0.3 is 9.52 Å². The van der Waals surface area contributed by atoms with Crippen LogP contribution < -0.4 is 0 Å². The molecule has 0 bridgehead atoms. The minimum atomic E-state index is -0.820. The molecule has 0 saturated carbocycles. The molecule has 0 spiro atoms. The molecule has 1 aromatic heterocycles. The minimum Gasteiger partial charge on any atom is -0.481 e. The molecular formula is C12H11FO3. The Labute approximate surface area is 91.5 Å². The van der Waals surface area contributed by atoms with Crippen LogP contribution in [0.25, 0.3) is 11.0 Å². The highest BCUT2D eigenvalue weighted by atomic mass is 19.1. The van der Waals surface area contributed by atoms with Crippen molar-refractivity contribution in [2.45, 2.75) is 19.3 Å². The van der Waals surface area contributed by atoms with Crippen molar-refractivity contribution in [1.29, 1.82) is 0 Å². The van der Waals surface area contributed by atoms with Crippen molar-refractivity contribution in [3.05, 3.63) is 35.8 Å². The Balaban J connectivity index is 2.17. The van der Waals surface area contributed by atoms with Crippen molar-refractivity contribution >= 4 is 16.9 Å². The first kappa shape index (κ1) is 10.7. The number of aryl methyl sites for hydroxylation is 1. The van der Waals surface area contributed by atoms with Crippen molar-refractivity contribution in [2.75, 3.05) is 0 Å². The van der Waals surface area contributed by atoms with Crippen LogP contribution in [-0.4, -0.2) is 11.1 Å². The molecule has 4 heteroatoms. The van der Waals surface area contributed by atoms with Gasteiger partial charge in [-0.1, -0.05) is 0 Å². The average molecular weight is 222 g/mol. The second-order valence-corrected chi connectivity index (χ2v) is 3.65. The number of furan rings is 1. The van der Waals surface area contributed by atoms with Gasteiger partial charge in [-0.05, 0) is 36.6 Å². The molecule has 2 rings (SSSR count). The molecule has 3 nitrogen and oxygen atoms in total. The van der Waals surface area contributed by atoms with E-state index in [4.69, 9.17) is 9.52 Å². The van der Waals surface area contributed by atoms with E-state index in [0.717, 1.165) is 10.9 Å². The molecular weight excluding hydrogens is 211 g/mol. The third kappa shape index (κ3) is 2.21. The van der Waals surface area contributed by atoms with Crippen LogP contribution >= 0.6 is 0 Å². The Morgan fingerprint density at radius 3 is 3.00 bits per heavy atom. The van der Waals surface area contributed by atoms with Gasteiger partial charge in [-0.3, -0.25) is 4.79 Å². The lowest BCUT2D eigenvalue weighted by Gasteiger charge is -1.96. The predicted molar refractivity (Wildman–Crippen MR) is 56.7 cm³/mol. The number of benzene rings is 1. The number of hydrogen-bond donors (Lipinski definition) is 1. The van der Waals surface area contributed by atoms with Gasteiger partial charge in [-0.25, -0.2) is 4.39 Å². The van der Waals surface area contributed by atoms with Gasteiger partial charge in [-0.15, -0.1) is 0 Å². The minimum absolute atomic E-state index is 0.113. The van der Waals surface area contributed by atoms with E-state index < -0.39 is 5.97 Å². The van der Waals surface area contributed by atoms with Crippen LogP contribution in [-0.2, 0) is 11.2 Å². The fourth-order valence-electron chi connectivity index (χ4n) is 1.68. The lowest BCUT2D eigenvalue weighted by Crippen LogP contribution is -1.95. The normalized spacial score (nSPS) is 10.8. The summed E-state index contributed by atoms with van der Waals surface area (Å²) in [6.45, 7) is 0. The molecule has 0 aliphatic heterocycles. The van der Waals surface area contributed by atoms with Gasteiger partial charge in [0.25, 0.3) is 0 Å². The summed E-state index contributed by atoms with van der Waals surface area (Å²) >= 11 is 0. The third-order valence-corrected chi connectivity index (χ3v) is 2.45. The van der Waals surface area contributed by atoms with Crippen LogP contribution in [0.15, 0.2) is 28.9 Å². The summed E-state index contributed by atoms with van der Waals surface area (Å²) in [4.78, 5) is 10.4. The topological polar surface area (TPSA) is 50.4 Å². The maximum Gasteiger partial charge on any atom is 0.303 e. The zero-order chi connectivity index (χ0) is 11.5. The lowest BCUT2D eigenvalue weighted by molar-refractivity contribution is -0.137. The standard InChI is InChI=1S/C12H11FO3/c13-9-4-5-11-10(6-9)8(7-16-11)2-1-3-12(14)15/h4-7H,1-3H2,(H,14,15). The van der Waals surface area contributed by atoms with Crippen LogP contribution in [0.1, 0.15) is 18.4 Å². The fourth-order valence-corrected chi connectivity index (χ4v) is 1.68. The summed E-state index contributed by atoms with van der Waals surface area (Å²) in [6.07, 6.45) is 2.79. The molecule has 1 aromatic carbocycles. The first-order chi connectivity index (χ1) is 7.66. The smallest absolute Gasteiger partial charge is 0.303 e. The largest absolute Gasteiger partial charge is 0.481 e. The van der Waals surface area contributed by atoms with Gasteiger partial charge in [0.15, 0.2) is 0 Å². The Kier molecular flexibility index (Phi) is 2.90. The Hall–Kier alpha value is -1.84. The molecule has 1 heterocycles. The van der Waals surface area contributed by atoms with E-state index in [0.29, 0.717) is 18.4 Å². The van der Waals surface area contributed by atoms with Crippen LogP contribution in [0.4, 0.5) is 4.39 Å². The van der Waals surface area contributed by atoms with Crippen LogP contribution in [0, 0.1) is 5.82 Å². The molecule has 0 fully saturated rings. The maximum absolute atomic E-state index is 13.0. The number of carboxylic acid groups (broad SMARTS) is 1. The highest BCUT2D eigenvalue weighted by Crippen LogP contribution is 2.23. The van der Waals surface area contributed by atoms with Gasteiger partial charge >= 0.3 is 5.97 Å². The molecule has 0 radical (unpaired) electrons. The first-order valence-electron chi connectivity index (χ1n) is 5.04. The van der Waals surface area contributed by atoms with E-state index in [9.17, 15) is 9.18 Å². The molecule has 1 N–H and O–H groups in total. The van der Waals surface area contributed by atoms with Crippen molar-refractivity contribution < 1.29 is 18.7 Å². The second kappa shape index (κ2) is 4.35. The number of rotatable bonds is 4. The lowest BCUT2D eigenvalue weighted by atomic mass is 10.1. The molecule has 0 aliphatic carbocycles. The van der Waals surface area contributed by atoms with Gasteiger partial charge in [-0.2, -0.15) is 0 Å². The summed E-state index contributed by atoms with van der Waals surface area (Å²) in [5.74, 6) is -1.13. The number of fused-ring (bicyclic) bond motifs is 1. The van der Waals surface area contributed by atoms with E-state index in [1.165, 1.54) is 12.1 Å². The van der Waals surface area contributed by atoms with Gasteiger partial charge in [0, 0.05) is 11.8 Å². The molecule has 2 aromatic rings. The van der Waals surface area contributed by atoms with E-state index in [1.54, 1.807) is 12.3 Å². The number of hydrogen-bond acceptors (Lipinski definition) is 2. The highest BCUT2D eigenvalue weighted by molar-refractivity contribution is 5.81. The quantitative estimate of drug-likeness (QED) is 0.865. The summed E-state index contributed by atoms with van der Waals surface area (Å²) in [6, 6.07) is 4.33.